The monoisotopic (exact) mass is 476 g/mol. The van der Waals surface area contributed by atoms with E-state index in [4.69, 9.17) is 0 Å². The Morgan fingerprint density at radius 3 is 1.41 bits per heavy atom. The van der Waals surface area contributed by atoms with Crippen LogP contribution in [0.2, 0.25) is 0 Å². The molecule has 0 aliphatic carbocycles. The lowest BCUT2D eigenvalue weighted by atomic mass is 9.82. The number of hydrogen-bond acceptors (Lipinski definition) is 4. The normalized spacial score (nSPS) is 9.81. The van der Waals surface area contributed by atoms with Crippen molar-refractivity contribution in [2.75, 3.05) is 18.0 Å². The maximum absolute atomic E-state index is 10.3. The lowest BCUT2D eigenvalue weighted by Gasteiger charge is -2.20. The van der Waals surface area contributed by atoms with E-state index in [1.807, 2.05) is 84.9 Å². The number of benzene rings is 4. The second-order valence-electron chi connectivity index (χ2n) is 8.29. The van der Waals surface area contributed by atoms with E-state index >= 15 is 0 Å². The summed E-state index contributed by atoms with van der Waals surface area (Å²) in [6, 6.07) is 33.4. The van der Waals surface area contributed by atoms with E-state index in [1.54, 1.807) is 0 Å². The molecule has 4 aromatic rings. The van der Waals surface area contributed by atoms with E-state index < -0.39 is 0 Å². The Balaban J connectivity index is 2.01. The number of rotatable bonds is 5. The minimum atomic E-state index is 0.228. The van der Waals surface area contributed by atoms with Gasteiger partial charge in [0, 0.05) is 35.5 Å². The van der Waals surface area contributed by atoms with Gasteiger partial charge < -0.3 is 4.90 Å². The topological polar surface area (TPSA) is 74.6 Å². The van der Waals surface area contributed by atoms with Crippen LogP contribution in [0.15, 0.2) is 84.9 Å². The van der Waals surface area contributed by atoms with Crippen molar-refractivity contribution in [3.63, 3.8) is 0 Å². The van der Waals surface area contributed by atoms with E-state index in [1.165, 1.54) is 0 Å². The highest BCUT2D eigenvalue weighted by atomic mass is 15.1. The molecule has 4 aromatic carbocycles. The van der Waals surface area contributed by atoms with Crippen LogP contribution in [0.25, 0.3) is 22.3 Å². The first kappa shape index (κ1) is 24.8. The molecule has 0 N–H and O–H groups in total. The molecule has 0 radical (unpaired) electrons. The highest BCUT2D eigenvalue weighted by molar-refractivity contribution is 5.92. The average Bonchev–Trinajstić information content (AvgIpc) is 2.96. The van der Waals surface area contributed by atoms with Crippen molar-refractivity contribution in [2.45, 2.75) is 13.8 Å². The Morgan fingerprint density at radius 2 is 1.00 bits per heavy atom. The van der Waals surface area contributed by atoms with Gasteiger partial charge in [-0.2, -0.15) is 15.8 Å². The molecule has 0 saturated carbocycles. The standard InChI is InChI=1S/C33H24N4/c1-3-37(4-2)27-18-15-24(16-19-27)17-20-28-29(21-34)32(25-11-7-5-8-12-25)31(23-36)33(30(28)22-35)26-13-9-6-10-14-26/h5-16,18-19H,3-4H2,1-2H3. The van der Waals surface area contributed by atoms with Gasteiger partial charge in [0.1, 0.15) is 18.2 Å². The van der Waals surface area contributed by atoms with Gasteiger partial charge in [0.05, 0.1) is 22.3 Å². The van der Waals surface area contributed by atoms with Crippen LogP contribution >= 0.6 is 0 Å². The molecule has 0 amide bonds. The third kappa shape index (κ3) is 4.92. The van der Waals surface area contributed by atoms with E-state index in [9.17, 15) is 15.8 Å². The predicted molar refractivity (Wildman–Crippen MR) is 147 cm³/mol. The van der Waals surface area contributed by atoms with E-state index in [2.05, 4.69) is 48.8 Å². The minimum Gasteiger partial charge on any atom is -0.372 e. The van der Waals surface area contributed by atoms with Crippen LogP contribution < -0.4 is 4.90 Å². The van der Waals surface area contributed by atoms with Crippen molar-refractivity contribution < 1.29 is 0 Å². The van der Waals surface area contributed by atoms with Gasteiger partial charge in [-0.3, -0.25) is 0 Å². The smallest absolute Gasteiger partial charge is 0.101 e. The second-order valence-corrected chi connectivity index (χ2v) is 8.29. The third-order valence-corrected chi connectivity index (χ3v) is 6.29. The Hall–Kier alpha value is -5.29. The Morgan fingerprint density at radius 1 is 0.541 bits per heavy atom. The quantitative estimate of drug-likeness (QED) is 0.294. The molecule has 4 rings (SSSR count). The van der Waals surface area contributed by atoms with Gasteiger partial charge in [0.25, 0.3) is 0 Å². The largest absolute Gasteiger partial charge is 0.372 e. The van der Waals surface area contributed by atoms with Crippen LogP contribution in [-0.4, -0.2) is 13.1 Å². The molecule has 37 heavy (non-hydrogen) atoms. The van der Waals surface area contributed by atoms with Crippen LogP contribution in [0.3, 0.4) is 0 Å². The first-order valence-electron chi connectivity index (χ1n) is 12.1. The summed E-state index contributed by atoms with van der Waals surface area (Å²) in [5.41, 5.74) is 5.39. The second kappa shape index (κ2) is 11.4. The fourth-order valence-electron chi connectivity index (χ4n) is 4.48. The number of hydrogen-bond donors (Lipinski definition) is 0. The first-order valence-corrected chi connectivity index (χ1v) is 12.1. The Kier molecular flexibility index (Phi) is 7.66. The maximum atomic E-state index is 10.3. The van der Waals surface area contributed by atoms with Crippen molar-refractivity contribution in [1.29, 1.82) is 15.8 Å². The third-order valence-electron chi connectivity index (χ3n) is 6.29. The number of nitriles is 3. The van der Waals surface area contributed by atoms with Gasteiger partial charge in [0.2, 0.25) is 0 Å². The molecule has 176 valence electrons. The minimum absolute atomic E-state index is 0.228. The lowest BCUT2D eigenvalue weighted by Crippen LogP contribution is -2.21. The number of anilines is 1. The highest BCUT2D eigenvalue weighted by Gasteiger charge is 2.25. The molecule has 4 nitrogen and oxygen atoms in total. The summed E-state index contributed by atoms with van der Waals surface area (Å²) in [7, 11) is 0. The van der Waals surface area contributed by atoms with Gasteiger partial charge in [-0.25, -0.2) is 0 Å². The SMILES string of the molecule is CCN(CC)c1ccc(C#Cc2c(C#N)c(-c3ccccc3)c(C#N)c(-c3ccccc3)c2C#N)cc1. The lowest BCUT2D eigenvalue weighted by molar-refractivity contribution is 0.866. The molecular formula is C33H24N4. The Bertz CT molecular complexity index is 1520. The summed E-state index contributed by atoms with van der Waals surface area (Å²) in [6.07, 6.45) is 0. The molecule has 0 saturated heterocycles. The molecule has 0 bridgehead atoms. The van der Waals surface area contributed by atoms with E-state index in [0.717, 1.165) is 35.5 Å². The summed E-state index contributed by atoms with van der Waals surface area (Å²) < 4.78 is 0. The fourth-order valence-corrected chi connectivity index (χ4v) is 4.48. The molecule has 0 atom stereocenters. The summed E-state index contributed by atoms with van der Waals surface area (Å²) in [6.45, 7) is 6.05. The average molecular weight is 477 g/mol. The van der Waals surface area contributed by atoms with Crippen LogP contribution in [0.1, 0.15) is 41.7 Å². The highest BCUT2D eigenvalue weighted by Crippen LogP contribution is 2.39. The van der Waals surface area contributed by atoms with E-state index in [-0.39, 0.29) is 11.1 Å². The van der Waals surface area contributed by atoms with Crippen molar-refractivity contribution in [3.05, 3.63) is 113 Å². The molecule has 0 spiro atoms. The van der Waals surface area contributed by atoms with Crippen LogP contribution in [0, 0.1) is 45.8 Å². The summed E-state index contributed by atoms with van der Waals surface area (Å²) >= 11 is 0. The van der Waals surface area contributed by atoms with Gasteiger partial charge in [-0.1, -0.05) is 72.5 Å². The molecule has 4 heteroatoms. The molecule has 0 heterocycles. The van der Waals surface area contributed by atoms with Gasteiger partial charge >= 0.3 is 0 Å². The van der Waals surface area contributed by atoms with Crippen molar-refractivity contribution in [3.8, 4) is 52.3 Å². The van der Waals surface area contributed by atoms with Crippen LogP contribution in [0.4, 0.5) is 5.69 Å². The molecular weight excluding hydrogens is 452 g/mol. The van der Waals surface area contributed by atoms with Crippen molar-refractivity contribution >= 4 is 5.69 Å². The van der Waals surface area contributed by atoms with Crippen LogP contribution in [0.5, 0.6) is 0 Å². The molecule has 0 fully saturated rings. The fraction of sp³-hybridized carbons (Fsp3) is 0.121. The predicted octanol–water partition coefficient (Wildman–Crippen LogP) is 6.88. The maximum Gasteiger partial charge on any atom is 0.101 e. The Labute approximate surface area is 218 Å². The zero-order valence-electron chi connectivity index (χ0n) is 20.8. The summed E-state index contributed by atoms with van der Waals surface area (Å²) in [5.74, 6) is 6.28. The molecule has 0 unspecified atom stereocenters. The summed E-state index contributed by atoms with van der Waals surface area (Å²) in [5, 5.41) is 30.8. The van der Waals surface area contributed by atoms with Crippen molar-refractivity contribution in [2.24, 2.45) is 0 Å². The zero-order chi connectivity index (χ0) is 26.2. The van der Waals surface area contributed by atoms with Crippen LogP contribution in [-0.2, 0) is 0 Å². The molecule has 0 aliphatic heterocycles. The zero-order valence-corrected chi connectivity index (χ0v) is 20.8. The van der Waals surface area contributed by atoms with E-state index in [0.29, 0.717) is 22.3 Å². The van der Waals surface area contributed by atoms with Gasteiger partial charge in [-0.15, -0.1) is 0 Å². The number of nitrogens with zero attached hydrogens (tertiary/aromatic N) is 4. The first-order chi connectivity index (χ1) is 18.2. The van der Waals surface area contributed by atoms with Crippen molar-refractivity contribution in [1.82, 2.24) is 0 Å². The molecule has 0 aliphatic rings. The van der Waals surface area contributed by atoms with Gasteiger partial charge in [0.15, 0.2) is 0 Å². The van der Waals surface area contributed by atoms with Gasteiger partial charge in [-0.05, 0) is 49.2 Å². The molecule has 0 aromatic heterocycles. The summed E-state index contributed by atoms with van der Waals surface area (Å²) in [4.78, 5) is 2.25.